The SMILES string of the molecule is CCN(CC)c1ccnc(C(=O)Nc2ccc(Cl)cc2)c1. The zero-order valence-electron chi connectivity index (χ0n) is 12.1. The monoisotopic (exact) mass is 303 g/mol. The second-order valence-electron chi connectivity index (χ2n) is 4.53. The Morgan fingerprint density at radius 2 is 1.86 bits per heavy atom. The van der Waals surface area contributed by atoms with Crippen LogP contribution in [-0.2, 0) is 0 Å². The third-order valence-electron chi connectivity index (χ3n) is 3.21. The predicted molar refractivity (Wildman–Crippen MR) is 87.2 cm³/mol. The molecule has 1 N–H and O–H groups in total. The number of carbonyl (C=O) groups excluding carboxylic acids is 1. The summed E-state index contributed by atoms with van der Waals surface area (Å²) in [6.07, 6.45) is 1.66. The zero-order chi connectivity index (χ0) is 15.2. The molecule has 0 bridgehead atoms. The molecule has 4 nitrogen and oxygen atoms in total. The number of carbonyl (C=O) groups is 1. The average molecular weight is 304 g/mol. The maximum Gasteiger partial charge on any atom is 0.274 e. The summed E-state index contributed by atoms with van der Waals surface area (Å²) in [5.74, 6) is -0.230. The number of benzene rings is 1. The van der Waals surface area contributed by atoms with Gasteiger partial charge in [0.1, 0.15) is 5.69 Å². The third-order valence-corrected chi connectivity index (χ3v) is 3.46. The third kappa shape index (κ3) is 3.95. The molecule has 0 aliphatic rings. The Morgan fingerprint density at radius 1 is 1.19 bits per heavy atom. The Bertz CT molecular complexity index is 609. The van der Waals surface area contributed by atoms with E-state index in [0.29, 0.717) is 16.4 Å². The Hall–Kier alpha value is -2.07. The fraction of sp³-hybridized carbons (Fsp3) is 0.250. The van der Waals surface area contributed by atoms with Gasteiger partial charge < -0.3 is 10.2 Å². The molecule has 1 amide bonds. The maximum atomic E-state index is 12.2. The fourth-order valence-corrected chi connectivity index (χ4v) is 2.18. The molecule has 0 saturated carbocycles. The number of hydrogen-bond acceptors (Lipinski definition) is 3. The minimum Gasteiger partial charge on any atom is -0.372 e. The number of amides is 1. The van der Waals surface area contributed by atoms with E-state index in [2.05, 4.69) is 29.0 Å². The van der Waals surface area contributed by atoms with Gasteiger partial charge in [0, 0.05) is 35.7 Å². The molecule has 5 heteroatoms. The number of hydrogen-bond donors (Lipinski definition) is 1. The summed E-state index contributed by atoms with van der Waals surface area (Å²) in [6.45, 7) is 5.94. The zero-order valence-corrected chi connectivity index (χ0v) is 12.9. The molecule has 0 spiro atoms. The summed E-state index contributed by atoms with van der Waals surface area (Å²) < 4.78 is 0. The van der Waals surface area contributed by atoms with Crippen LogP contribution in [0.15, 0.2) is 42.6 Å². The van der Waals surface area contributed by atoms with E-state index in [9.17, 15) is 4.79 Å². The Labute approximate surface area is 129 Å². The lowest BCUT2D eigenvalue weighted by Gasteiger charge is -2.21. The van der Waals surface area contributed by atoms with Crippen molar-refractivity contribution in [1.29, 1.82) is 0 Å². The van der Waals surface area contributed by atoms with E-state index in [4.69, 9.17) is 11.6 Å². The van der Waals surface area contributed by atoms with Crippen molar-refractivity contribution < 1.29 is 4.79 Å². The van der Waals surface area contributed by atoms with Crippen LogP contribution in [0.5, 0.6) is 0 Å². The first kappa shape index (κ1) is 15.3. The van der Waals surface area contributed by atoms with E-state index >= 15 is 0 Å². The second kappa shape index (κ2) is 7.09. The van der Waals surface area contributed by atoms with Gasteiger partial charge in [-0.3, -0.25) is 9.78 Å². The standard InChI is InChI=1S/C16H18ClN3O/c1-3-20(4-2)14-9-10-18-15(11-14)16(21)19-13-7-5-12(17)6-8-13/h5-11H,3-4H2,1-2H3,(H,19,21). The van der Waals surface area contributed by atoms with Gasteiger partial charge in [0.05, 0.1) is 0 Å². The van der Waals surface area contributed by atoms with Crippen LogP contribution in [0.25, 0.3) is 0 Å². The average Bonchev–Trinajstić information content (AvgIpc) is 2.51. The number of aromatic nitrogens is 1. The number of pyridine rings is 1. The molecule has 110 valence electrons. The molecule has 1 aromatic heterocycles. The molecule has 0 aliphatic heterocycles. The van der Waals surface area contributed by atoms with Crippen LogP contribution in [0, 0.1) is 0 Å². The molecule has 0 unspecified atom stereocenters. The minimum atomic E-state index is -0.230. The Morgan fingerprint density at radius 3 is 2.48 bits per heavy atom. The van der Waals surface area contributed by atoms with Crippen molar-refractivity contribution in [1.82, 2.24) is 4.98 Å². The van der Waals surface area contributed by atoms with Crippen molar-refractivity contribution in [2.45, 2.75) is 13.8 Å². The fourth-order valence-electron chi connectivity index (χ4n) is 2.06. The van der Waals surface area contributed by atoms with Crippen LogP contribution < -0.4 is 10.2 Å². The second-order valence-corrected chi connectivity index (χ2v) is 4.97. The summed E-state index contributed by atoms with van der Waals surface area (Å²) in [5.41, 5.74) is 2.09. The quantitative estimate of drug-likeness (QED) is 0.913. The molecule has 0 fully saturated rings. The highest BCUT2D eigenvalue weighted by Crippen LogP contribution is 2.17. The van der Waals surface area contributed by atoms with E-state index < -0.39 is 0 Å². The van der Waals surface area contributed by atoms with Gasteiger partial charge in [-0.05, 0) is 50.2 Å². The van der Waals surface area contributed by atoms with E-state index in [0.717, 1.165) is 18.8 Å². The smallest absolute Gasteiger partial charge is 0.274 e. The van der Waals surface area contributed by atoms with Crippen molar-refractivity contribution in [2.24, 2.45) is 0 Å². The topological polar surface area (TPSA) is 45.2 Å². The number of halogens is 1. The van der Waals surface area contributed by atoms with Gasteiger partial charge in [-0.15, -0.1) is 0 Å². The normalized spacial score (nSPS) is 10.2. The minimum absolute atomic E-state index is 0.230. The lowest BCUT2D eigenvalue weighted by Crippen LogP contribution is -2.22. The van der Waals surface area contributed by atoms with E-state index in [-0.39, 0.29) is 5.91 Å². The number of anilines is 2. The van der Waals surface area contributed by atoms with Gasteiger partial charge in [-0.25, -0.2) is 0 Å². The first-order valence-electron chi connectivity index (χ1n) is 6.92. The highest BCUT2D eigenvalue weighted by molar-refractivity contribution is 6.30. The molecular weight excluding hydrogens is 286 g/mol. The molecule has 2 rings (SSSR count). The summed E-state index contributed by atoms with van der Waals surface area (Å²) in [7, 11) is 0. The van der Waals surface area contributed by atoms with E-state index in [1.165, 1.54) is 0 Å². The van der Waals surface area contributed by atoms with Gasteiger partial charge in [0.25, 0.3) is 5.91 Å². The van der Waals surface area contributed by atoms with Gasteiger partial charge in [-0.1, -0.05) is 11.6 Å². The van der Waals surface area contributed by atoms with Gasteiger partial charge >= 0.3 is 0 Å². The maximum absolute atomic E-state index is 12.2. The molecule has 0 atom stereocenters. The lowest BCUT2D eigenvalue weighted by atomic mass is 10.2. The Kier molecular flexibility index (Phi) is 5.17. The van der Waals surface area contributed by atoms with E-state index in [1.807, 2.05) is 6.07 Å². The number of rotatable bonds is 5. The number of nitrogens with one attached hydrogen (secondary N) is 1. The molecule has 0 saturated heterocycles. The molecule has 0 aliphatic carbocycles. The predicted octanol–water partition coefficient (Wildman–Crippen LogP) is 3.83. The molecule has 0 radical (unpaired) electrons. The largest absolute Gasteiger partial charge is 0.372 e. The molecule has 2 aromatic rings. The van der Waals surface area contributed by atoms with Gasteiger partial charge in [0.2, 0.25) is 0 Å². The summed E-state index contributed by atoms with van der Waals surface area (Å²) >= 11 is 5.82. The number of nitrogens with zero attached hydrogens (tertiary/aromatic N) is 2. The van der Waals surface area contributed by atoms with Crippen LogP contribution >= 0.6 is 11.6 Å². The first-order chi connectivity index (χ1) is 10.1. The van der Waals surface area contributed by atoms with Gasteiger partial charge in [0.15, 0.2) is 0 Å². The van der Waals surface area contributed by atoms with Crippen molar-refractivity contribution in [3.8, 4) is 0 Å². The van der Waals surface area contributed by atoms with Crippen LogP contribution in [0.2, 0.25) is 5.02 Å². The van der Waals surface area contributed by atoms with E-state index in [1.54, 1.807) is 36.5 Å². The van der Waals surface area contributed by atoms with Gasteiger partial charge in [-0.2, -0.15) is 0 Å². The van der Waals surface area contributed by atoms with Crippen LogP contribution in [0.4, 0.5) is 11.4 Å². The van der Waals surface area contributed by atoms with Crippen molar-refractivity contribution in [3.63, 3.8) is 0 Å². The van der Waals surface area contributed by atoms with Crippen LogP contribution in [-0.4, -0.2) is 24.0 Å². The summed E-state index contributed by atoms with van der Waals surface area (Å²) in [5, 5.41) is 3.44. The highest BCUT2D eigenvalue weighted by atomic mass is 35.5. The molecule has 21 heavy (non-hydrogen) atoms. The lowest BCUT2D eigenvalue weighted by molar-refractivity contribution is 0.102. The molecular formula is C16H18ClN3O. The van der Waals surface area contributed by atoms with Crippen molar-refractivity contribution in [3.05, 3.63) is 53.3 Å². The van der Waals surface area contributed by atoms with Crippen molar-refractivity contribution in [2.75, 3.05) is 23.3 Å². The van der Waals surface area contributed by atoms with Crippen LogP contribution in [0.1, 0.15) is 24.3 Å². The van der Waals surface area contributed by atoms with Crippen molar-refractivity contribution >= 4 is 28.9 Å². The summed E-state index contributed by atoms with van der Waals surface area (Å²) in [6, 6.07) is 10.7. The van der Waals surface area contributed by atoms with Crippen LogP contribution in [0.3, 0.4) is 0 Å². The highest BCUT2D eigenvalue weighted by Gasteiger charge is 2.10. The molecule has 1 heterocycles. The first-order valence-corrected chi connectivity index (χ1v) is 7.29. The summed E-state index contributed by atoms with van der Waals surface area (Å²) in [4.78, 5) is 18.5. The Balaban J connectivity index is 2.15. The molecule has 1 aromatic carbocycles.